The van der Waals surface area contributed by atoms with Gasteiger partial charge in [-0.2, -0.15) is 0 Å². The molecule has 1 saturated carbocycles. The lowest BCUT2D eigenvalue weighted by atomic mass is 9.91. The van der Waals surface area contributed by atoms with Crippen LogP contribution in [0.2, 0.25) is 0 Å². The van der Waals surface area contributed by atoms with Crippen molar-refractivity contribution in [3.8, 4) is 0 Å². The molecule has 0 spiro atoms. The van der Waals surface area contributed by atoms with E-state index in [1.165, 1.54) is 44.9 Å². The van der Waals surface area contributed by atoms with E-state index in [-0.39, 0.29) is 5.91 Å². The van der Waals surface area contributed by atoms with Crippen molar-refractivity contribution in [2.45, 2.75) is 57.8 Å². The van der Waals surface area contributed by atoms with E-state index < -0.39 is 0 Å². The van der Waals surface area contributed by atoms with E-state index in [1.54, 1.807) is 0 Å². The number of amides is 1. The van der Waals surface area contributed by atoms with Crippen molar-refractivity contribution >= 4 is 11.6 Å². The number of para-hydroxylation sites is 1. The van der Waals surface area contributed by atoms with E-state index in [4.69, 9.17) is 5.73 Å². The molecule has 1 aliphatic carbocycles. The molecular formula is C18H28N2O. The zero-order valence-corrected chi connectivity index (χ0v) is 12.9. The lowest BCUT2D eigenvalue weighted by Crippen LogP contribution is -2.29. The van der Waals surface area contributed by atoms with Gasteiger partial charge in [0, 0.05) is 18.7 Å². The number of nitrogens with two attached hydrogens (primary N) is 1. The highest BCUT2D eigenvalue weighted by molar-refractivity contribution is 5.76. The molecule has 0 saturated heterocycles. The van der Waals surface area contributed by atoms with Gasteiger partial charge in [-0.3, -0.25) is 4.79 Å². The number of carbonyl (C=O) groups is 1. The minimum absolute atomic E-state index is 0.153. The largest absolute Gasteiger partial charge is 0.399 e. The van der Waals surface area contributed by atoms with Crippen LogP contribution in [0, 0.1) is 5.92 Å². The highest BCUT2D eigenvalue weighted by Crippen LogP contribution is 2.21. The van der Waals surface area contributed by atoms with E-state index in [1.807, 2.05) is 24.3 Å². The Morgan fingerprint density at radius 3 is 2.48 bits per heavy atom. The Kier molecular flexibility index (Phi) is 6.58. The van der Waals surface area contributed by atoms with Crippen LogP contribution in [0.1, 0.15) is 56.9 Å². The van der Waals surface area contributed by atoms with Gasteiger partial charge in [-0.15, -0.1) is 0 Å². The van der Waals surface area contributed by atoms with Crippen LogP contribution in [0.5, 0.6) is 0 Å². The summed E-state index contributed by atoms with van der Waals surface area (Å²) in [5.41, 5.74) is 7.75. The van der Waals surface area contributed by atoms with E-state index in [2.05, 4.69) is 5.32 Å². The number of carbonyl (C=O) groups excluding carboxylic acids is 1. The second-order valence-electron chi connectivity index (χ2n) is 6.21. The van der Waals surface area contributed by atoms with E-state index in [0.717, 1.165) is 24.2 Å². The highest BCUT2D eigenvalue weighted by Gasteiger charge is 2.12. The molecule has 1 aliphatic rings. The molecule has 0 radical (unpaired) electrons. The molecule has 3 nitrogen and oxygen atoms in total. The fourth-order valence-corrected chi connectivity index (χ4v) is 3.10. The first kappa shape index (κ1) is 15.9. The average Bonchev–Trinajstić information content (AvgIpc) is 2.45. The number of benzene rings is 1. The highest BCUT2D eigenvalue weighted by atomic mass is 16.1. The molecule has 0 heterocycles. The second kappa shape index (κ2) is 8.71. The van der Waals surface area contributed by atoms with E-state index in [9.17, 15) is 4.79 Å². The number of hydrogen-bond acceptors (Lipinski definition) is 2. The Bertz CT molecular complexity index is 437. The molecule has 0 unspecified atom stereocenters. The molecule has 116 valence electrons. The van der Waals surface area contributed by atoms with Crippen LogP contribution in [0.15, 0.2) is 24.3 Å². The van der Waals surface area contributed by atoms with Crippen LogP contribution in [-0.4, -0.2) is 12.5 Å². The van der Waals surface area contributed by atoms with Crippen molar-refractivity contribution in [3.63, 3.8) is 0 Å². The molecular weight excluding hydrogens is 260 g/mol. The van der Waals surface area contributed by atoms with Crippen molar-refractivity contribution in [2.75, 3.05) is 12.3 Å². The third kappa shape index (κ3) is 5.78. The van der Waals surface area contributed by atoms with Crippen molar-refractivity contribution in [1.82, 2.24) is 5.32 Å². The maximum absolute atomic E-state index is 12.0. The van der Waals surface area contributed by atoms with Gasteiger partial charge in [-0.05, 0) is 36.8 Å². The molecule has 3 heteroatoms. The van der Waals surface area contributed by atoms with Crippen LogP contribution in [0.4, 0.5) is 5.69 Å². The number of hydrogen-bond donors (Lipinski definition) is 2. The van der Waals surface area contributed by atoms with Crippen LogP contribution in [0.25, 0.3) is 0 Å². The minimum Gasteiger partial charge on any atom is -0.399 e. The summed E-state index contributed by atoms with van der Waals surface area (Å²) in [6.45, 7) is 0.850. The number of nitrogens with one attached hydrogen (secondary N) is 1. The Hall–Kier alpha value is -1.51. The average molecular weight is 288 g/mol. The van der Waals surface area contributed by atoms with Crippen molar-refractivity contribution in [3.05, 3.63) is 29.8 Å². The molecule has 1 amide bonds. The van der Waals surface area contributed by atoms with Gasteiger partial charge < -0.3 is 11.1 Å². The van der Waals surface area contributed by atoms with E-state index >= 15 is 0 Å². The summed E-state index contributed by atoms with van der Waals surface area (Å²) >= 11 is 0. The number of rotatable bonds is 5. The number of aryl methyl sites for hydroxylation is 1. The second-order valence-corrected chi connectivity index (χ2v) is 6.21. The molecule has 2 rings (SSSR count). The van der Waals surface area contributed by atoms with Gasteiger partial charge >= 0.3 is 0 Å². The zero-order chi connectivity index (χ0) is 14.9. The summed E-state index contributed by atoms with van der Waals surface area (Å²) in [5, 5.41) is 3.11. The number of anilines is 1. The summed E-state index contributed by atoms with van der Waals surface area (Å²) in [5.74, 6) is 0.830. The monoisotopic (exact) mass is 288 g/mol. The predicted octanol–water partition coefficient (Wildman–Crippen LogP) is 3.68. The third-order valence-corrected chi connectivity index (χ3v) is 4.49. The van der Waals surface area contributed by atoms with Crippen LogP contribution in [-0.2, 0) is 11.2 Å². The first-order chi connectivity index (χ1) is 10.3. The van der Waals surface area contributed by atoms with Gasteiger partial charge in [0.15, 0.2) is 0 Å². The smallest absolute Gasteiger partial charge is 0.220 e. The molecule has 0 atom stereocenters. The van der Waals surface area contributed by atoms with Crippen molar-refractivity contribution < 1.29 is 4.79 Å². The fourth-order valence-electron chi connectivity index (χ4n) is 3.10. The van der Waals surface area contributed by atoms with E-state index in [0.29, 0.717) is 12.3 Å². The van der Waals surface area contributed by atoms with Crippen LogP contribution in [0.3, 0.4) is 0 Å². The molecule has 3 N–H and O–H groups in total. The standard InChI is InChI=1S/C18H28N2O/c19-17-11-7-6-10-16(17)12-13-18(21)20-14-15-8-4-2-1-3-5-9-15/h6-7,10-11,15H,1-5,8-9,12-14,19H2,(H,20,21). The normalized spacial score (nSPS) is 17.0. The third-order valence-electron chi connectivity index (χ3n) is 4.49. The molecule has 0 aliphatic heterocycles. The Morgan fingerprint density at radius 1 is 1.10 bits per heavy atom. The van der Waals surface area contributed by atoms with Crippen molar-refractivity contribution in [1.29, 1.82) is 0 Å². The van der Waals surface area contributed by atoms with Gasteiger partial charge in [-0.25, -0.2) is 0 Å². The van der Waals surface area contributed by atoms with Gasteiger partial charge in [-0.1, -0.05) is 50.3 Å². The summed E-state index contributed by atoms with van der Waals surface area (Å²) in [4.78, 5) is 12.0. The Balaban J connectivity index is 1.68. The van der Waals surface area contributed by atoms with Gasteiger partial charge in [0.1, 0.15) is 0 Å². The maximum atomic E-state index is 12.0. The topological polar surface area (TPSA) is 55.1 Å². The maximum Gasteiger partial charge on any atom is 0.220 e. The van der Waals surface area contributed by atoms with Crippen LogP contribution >= 0.6 is 0 Å². The SMILES string of the molecule is Nc1ccccc1CCC(=O)NCC1CCCCCCC1. The summed E-state index contributed by atoms with van der Waals surface area (Å²) in [6, 6.07) is 7.78. The van der Waals surface area contributed by atoms with Crippen molar-refractivity contribution in [2.24, 2.45) is 5.92 Å². The van der Waals surface area contributed by atoms with Gasteiger partial charge in [0.2, 0.25) is 5.91 Å². The first-order valence-corrected chi connectivity index (χ1v) is 8.36. The molecule has 1 aromatic rings. The molecule has 1 fully saturated rings. The molecule has 1 aromatic carbocycles. The summed E-state index contributed by atoms with van der Waals surface area (Å²) < 4.78 is 0. The summed E-state index contributed by atoms with van der Waals surface area (Å²) in [6.07, 6.45) is 10.5. The quantitative estimate of drug-likeness (QED) is 0.812. The molecule has 0 aromatic heterocycles. The zero-order valence-electron chi connectivity index (χ0n) is 12.9. The summed E-state index contributed by atoms with van der Waals surface area (Å²) in [7, 11) is 0. The first-order valence-electron chi connectivity index (χ1n) is 8.36. The molecule has 0 bridgehead atoms. The lowest BCUT2D eigenvalue weighted by Gasteiger charge is -2.20. The Morgan fingerprint density at radius 2 is 1.76 bits per heavy atom. The van der Waals surface area contributed by atoms with Crippen LogP contribution < -0.4 is 11.1 Å². The van der Waals surface area contributed by atoms with Gasteiger partial charge in [0.05, 0.1) is 0 Å². The minimum atomic E-state index is 0.153. The number of nitrogen functional groups attached to an aromatic ring is 1. The molecule has 21 heavy (non-hydrogen) atoms. The predicted molar refractivity (Wildman–Crippen MR) is 88.0 cm³/mol. The Labute approximate surface area is 128 Å². The lowest BCUT2D eigenvalue weighted by molar-refractivity contribution is -0.121. The fraction of sp³-hybridized carbons (Fsp3) is 0.611. The van der Waals surface area contributed by atoms with Gasteiger partial charge in [0.25, 0.3) is 0 Å².